The number of carbonyl (C=O) groups excluding carboxylic acids is 1. The molecule has 34 heavy (non-hydrogen) atoms. The van der Waals surface area contributed by atoms with Crippen molar-refractivity contribution in [3.63, 3.8) is 0 Å². The van der Waals surface area contributed by atoms with E-state index in [4.69, 9.17) is 16.6 Å². The number of benzene rings is 3. The zero-order chi connectivity index (χ0) is 24.2. The van der Waals surface area contributed by atoms with Gasteiger partial charge in [0.2, 0.25) is 5.91 Å². The SMILES string of the molecule is CCC(Sc1nc(-c2ccc(C)cc2)c(-c2ccc(C)cc2)[nH]1)C(=O)Nc1cccc(Cl)c1C. The summed E-state index contributed by atoms with van der Waals surface area (Å²) in [5, 5.41) is 4.08. The largest absolute Gasteiger partial charge is 0.332 e. The standard InChI is InChI=1S/C28H28ClN3OS/c1-5-24(27(33)30-23-8-6-7-22(29)19(23)4)34-28-31-25(20-13-9-17(2)10-14-20)26(32-28)21-15-11-18(3)12-16-21/h6-16,24H,5H2,1-4H3,(H,30,33)(H,31,32). The van der Waals surface area contributed by atoms with Crippen LogP contribution in [0.15, 0.2) is 71.9 Å². The summed E-state index contributed by atoms with van der Waals surface area (Å²) in [5.74, 6) is -0.0666. The summed E-state index contributed by atoms with van der Waals surface area (Å²) in [7, 11) is 0. The monoisotopic (exact) mass is 489 g/mol. The van der Waals surface area contributed by atoms with E-state index in [1.165, 1.54) is 22.9 Å². The number of nitrogens with zero attached hydrogens (tertiary/aromatic N) is 1. The first-order valence-electron chi connectivity index (χ1n) is 11.3. The number of aromatic amines is 1. The van der Waals surface area contributed by atoms with Gasteiger partial charge >= 0.3 is 0 Å². The second-order valence-corrected chi connectivity index (χ2v) is 10.0. The fraction of sp³-hybridized carbons (Fsp3) is 0.214. The van der Waals surface area contributed by atoms with Crippen LogP contribution in [0.3, 0.4) is 0 Å². The number of nitrogens with one attached hydrogen (secondary N) is 2. The van der Waals surface area contributed by atoms with E-state index < -0.39 is 0 Å². The van der Waals surface area contributed by atoms with Crippen molar-refractivity contribution in [3.05, 3.63) is 88.4 Å². The Kier molecular flexibility index (Phi) is 7.44. The Bertz CT molecular complexity index is 1230. The van der Waals surface area contributed by atoms with Crippen LogP contribution >= 0.6 is 23.4 Å². The number of thioether (sulfide) groups is 1. The predicted octanol–water partition coefficient (Wildman–Crippen LogP) is 7.83. The van der Waals surface area contributed by atoms with Crippen molar-refractivity contribution < 1.29 is 4.79 Å². The van der Waals surface area contributed by atoms with Crippen LogP contribution in [0.5, 0.6) is 0 Å². The summed E-state index contributed by atoms with van der Waals surface area (Å²) < 4.78 is 0. The van der Waals surface area contributed by atoms with Gasteiger partial charge in [-0.05, 0) is 44.9 Å². The van der Waals surface area contributed by atoms with E-state index in [1.807, 2.05) is 32.0 Å². The zero-order valence-corrected chi connectivity index (χ0v) is 21.3. The van der Waals surface area contributed by atoms with Crippen LogP contribution in [0.25, 0.3) is 22.5 Å². The van der Waals surface area contributed by atoms with Crippen molar-refractivity contribution in [2.24, 2.45) is 0 Å². The molecular formula is C28H28ClN3OS. The highest BCUT2D eigenvalue weighted by Gasteiger charge is 2.23. The van der Waals surface area contributed by atoms with Gasteiger partial charge in [-0.25, -0.2) is 4.98 Å². The lowest BCUT2D eigenvalue weighted by molar-refractivity contribution is -0.115. The molecule has 4 nitrogen and oxygen atoms in total. The normalized spacial score (nSPS) is 11.9. The molecule has 0 aliphatic rings. The number of rotatable bonds is 7. The molecule has 6 heteroatoms. The molecule has 1 aromatic heterocycles. The van der Waals surface area contributed by atoms with E-state index in [-0.39, 0.29) is 11.2 Å². The van der Waals surface area contributed by atoms with E-state index in [2.05, 4.69) is 72.7 Å². The highest BCUT2D eigenvalue weighted by molar-refractivity contribution is 8.00. The maximum atomic E-state index is 13.1. The minimum atomic E-state index is -0.304. The van der Waals surface area contributed by atoms with E-state index >= 15 is 0 Å². The molecule has 0 saturated heterocycles. The Labute approximate surface area is 210 Å². The number of amides is 1. The number of carbonyl (C=O) groups is 1. The molecule has 4 rings (SSSR count). The van der Waals surface area contributed by atoms with Gasteiger partial charge in [-0.1, -0.05) is 96.0 Å². The van der Waals surface area contributed by atoms with E-state index in [9.17, 15) is 4.79 Å². The Morgan fingerprint density at radius 2 is 1.59 bits per heavy atom. The molecule has 3 aromatic carbocycles. The van der Waals surface area contributed by atoms with Crippen LogP contribution in [0.4, 0.5) is 5.69 Å². The van der Waals surface area contributed by atoms with Crippen LogP contribution in [-0.4, -0.2) is 21.1 Å². The molecule has 0 radical (unpaired) electrons. The molecule has 4 aromatic rings. The van der Waals surface area contributed by atoms with Crippen molar-refractivity contribution >= 4 is 35.0 Å². The summed E-state index contributed by atoms with van der Waals surface area (Å²) >= 11 is 7.67. The molecule has 0 aliphatic carbocycles. The quantitative estimate of drug-likeness (QED) is 0.260. The summed E-state index contributed by atoms with van der Waals surface area (Å²) in [6, 6.07) is 22.3. The molecule has 0 saturated carbocycles. The highest BCUT2D eigenvalue weighted by atomic mass is 35.5. The molecule has 1 atom stereocenters. The molecular weight excluding hydrogens is 462 g/mol. The summed E-state index contributed by atoms with van der Waals surface area (Å²) in [5.41, 5.74) is 7.93. The van der Waals surface area contributed by atoms with Gasteiger partial charge in [0.25, 0.3) is 0 Å². The third kappa shape index (κ3) is 5.37. The molecule has 0 fully saturated rings. The maximum Gasteiger partial charge on any atom is 0.237 e. The Morgan fingerprint density at radius 3 is 2.21 bits per heavy atom. The second kappa shape index (κ2) is 10.5. The van der Waals surface area contributed by atoms with Gasteiger partial charge in [0.05, 0.1) is 16.6 Å². The first kappa shape index (κ1) is 24.1. The summed E-state index contributed by atoms with van der Waals surface area (Å²) in [4.78, 5) is 21.5. The van der Waals surface area contributed by atoms with Crippen molar-refractivity contribution in [2.45, 2.75) is 44.5 Å². The van der Waals surface area contributed by atoms with Gasteiger partial charge in [0, 0.05) is 21.8 Å². The molecule has 0 spiro atoms. The van der Waals surface area contributed by atoms with E-state index in [1.54, 1.807) is 0 Å². The smallest absolute Gasteiger partial charge is 0.237 e. The minimum Gasteiger partial charge on any atom is -0.332 e. The van der Waals surface area contributed by atoms with Crippen LogP contribution in [0, 0.1) is 20.8 Å². The van der Waals surface area contributed by atoms with Gasteiger partial charge in [0.15, 0.2) is 5.16 Å². The number of aromatic nitrogens is 2. The number of anilines is 1. The Hall–Kier alpha value is -3.02. The maximum absolute atomic E-state index is 13.1. The van der Waals surface area contributed by atoms with Crippen LogP contribution < -0.4 is 5.32 Å². The van der Waals surface area contributed by atoms with Gasteiger partial charge in [-0.15, -0.1) is 0 Å². The fourth-order valence-electron chi connectivity index (χ4n) is 3.67. The highest BCUT2D eigenvalue weighted by Crippen LogP contribution is 2.35. The van der Waals surface area contributed by atoms with Crippen LogP contribution in [-0.2, 0) is 4.79 Å². The Morgan fingerprint density at radius 1 is 0.971 bits per heavy atom. The lowest BCUT2D eigenvalue weighted by atomic mass is 10.0. The zero-order valence-electron chi connectivity index (χ0n) is 19.8. The van der Waals surface area contributed by atoms with Crippen LogP contribution in [0.2, 0.25) is 5.02 Å². The summed E-state index contributed by atoms with van der Waals surface area (Å²) in [6.07, 6.45) is 0.663. The molecule has 174 valence electrons. The van der Waals surface area contributed by atoms with Gasteiger partial charge in [-0.3, -0.25) is 4.79 Å². The Balaban J connectivity index is 1.64. The number of aryl methyl sites for hydroxylation is 2. The average Bonchev–Trinajstić information content (AvgIpc) is 3.25. The van der Waals surface area contributed by atoms with E-state index in [0.29, 0.717) is 11.4 Å². The van der Waals surface area contributed by atoms with Gasteiger partial charge < -0.3 is 10.3 Å². The lowest BCUT2D eigenvalue weighted by Crippen LogP contribution is -2.25. The molecule has 1 amide bonds. The van der Waals surface area contributed by atoms with E-state index in [0.717, 1.165) is 38.9 Å². The van der Waals surface area contributed by atoms with Crippen molar-refractivity contribution in [1.29, 1.82) is 0 Å². The van der Waals surface area contributed by atoms with Crippen molar-refractivity contribution in [2.75, 3.05) is 5.32 Å². The number of hydrogen-bond donors (Lipinski definition) is 2. The third-order valence-electron chi connectivity index (χ3n) is 5.79. The average molecular weight is 490 g/mol. The van der Waals surface area contributed by atoms with Gasteiger partial charge in [0.1, 0.15) is 0 Å². The van der Waals surface area contributed by atoms with Crippen molar-refractivity contribution in [1.82, 2.24) is 9.97 Å². The third-order valence-corrected chi connectivity index (χ3v) is 7.45. The predicted molar refractivity (Wildman–Crippen MR) is 144 cm³/mol. The lowest BCUT2D eigenvalue weighted by Gasteiger charge is -2.15. The number of hydrogen-bond acceptors (Lipinski definition) is 3. The minimum absolute atomic E-state index is 0.0666. The molecule has 0 bridgehead atoms. The van der Waals surface area contributed by atoms with Crippen LogP contribution in [0.1, 0.15) is 30.0 Å². The van der Waals surface area contributed by atoms with Gasteiger partial charge in [-0.2, -0.15) is 0 Å². The molecule has 1 unspecified atom stereocenters. The first-order chi connectivity index (χ1) is 16.4. The summed E-state index contributed by atoms with van der Waals surface area (Å²) in [6.45, 7) is 8.06. The second-order valence-electron chi connectivity index (χ2n) is 8.41. The topological polar surface area (TPSA) is 57.8 Å². The molecule has 0 aliphatic heterocycles. The molecule has 2 N–H and O–H groups in total. The first-order valence-corrected chi connectivity index (χ1v) is 12.6. The van der Waals surface area contributed by atoms with Crippen molar-refractivity contribution in [3.8, 4) is 22.5 Å². The number of halogens is 1. The number of imidazole rings is 1. The number of H-pyrrole nitrogens is 1. The fourth-order valence-corrected chi connectivity index (χ4v) is 4.75. The molecule has 1 heterocycles.